The van der Waals surface area contributed by atoms with Crippen molar-refractivity contribution in [2.45, 2.75) is 32.1 Å². The van der Waals surface area contributed by atoms with Gasteiger partial charge in [-0.3, -0.25) is 9.48 Å². The summed E-state index contributed by atoms with van der Waals surface area (Å²) >= 11 is 0. The van der Waals surface area contributed by atoms with Gasteiger partial charge in [0.15, 0.2) is 9.84 Å². The number of aromatic nitrogens is 2. The number of hydrogen-bond acceptors (Lipinski definition) is 5. The molecule has 0 aliphatic rings. The van der Waals surface area contributed by atoms with E-state index >= 15 is 0 Å². The van der Waals surface area contributed by atoms with E-state index < -0.39 is 33.5 Å². The summed E-state index contributed by atoms with van der Waals surface area (Å²) in [5.41, 5.74) is 1.25. The molecule has 0 bridgehead atoms. The molecule has 1 heterocycles. The third-order valence-corrected chi connectivity index (χ3v) is 4.43. The number of carboxylic acids is 1. The van der Waals surface area contributed by atoms with E-state index in [2.05, 4.69) is 10.4 Å². The number of carboxylic acid groups (broad SMARTS) is 1. The lowest BCUT2D eigenvalue weighted by molar-refractivity contribution is -0.140. The van der Waals surface area contributed by atoms with Crippen molar-refractivity contribution in [2.75, 3.05) is 5.75 Å². The van der Waals surface area contributed by atoms with Gasteiger partial charge < -0.3 is 10.4 Å². The van der Waals surface area contributed by atoms with E-state index in [-0.39, 0.29) is 5.75 Å². The van der Waals surface area contributed by atoms with E-state index in [9.17, 15) is 18.0 Å². The van der Waals surface area contributed by atoms with Crippen molar-refractivity contribution >= 4 is 21.7 Å². The number of carbonyl (C=O) groups is 2. The van der Waals surface area contributed by atoms with Crippen LogP contribution in [0, 0.1) is 0 Å². The molecule has 0 saturated carbocycles. The van der Waals surface area contributed by atoms with Crippen LogP contribution < -0.4 is 5.32 Å². The number of rotatable bonds is 7. The van der Waals surface area contributed by atoms with Crippen molar-refractivity contribution in [3.63, 3.8) is 0 Å². The lowest BCUT2D eigenvalue weighted by atomic mass is 10.3. The molecule has 1 atom stereocenters. The Morgan fingerprint density at radius 2 is 2.10 bits per heavy atom. The molecule has 1 aromatic rings. The van der Waals surface area contributed by atoms with Gasteiger partial charge in [0.2, 0.25) is 5.91 Å². The van der Waals surface area contributed by atoms with Crippen molar-refractivity contribution in [2.24, 2.45) is 7.05 Å². The Morgan fingerprint density at radius 1 is 1.48 bits per heavy atom. The van der Waals surface area contributed by atoms with Gasteiger partial charge in [-0.1, -0.05) is 6.92 Å². The lowest BCUT2D eigenvalue weighted by Gasteiger charge is -2.13. The number of aryl methyl sites for hydroxylation is 2. The van der Waals surface area contributed by atoms with Crippen molar-refractivity contribution in [3.8, 4) is 0 Å². The van der Waals surface area contributed by atoms with Crippen molar-refractivity contribution in [3.05, 3.63) is 17.5 Å². The predicted molar refractivity (Wildman–Crippen MR) is 75.3 cm³/mol. The van der Waals surface area contributed by atoms with Gasteiger partial charge >= 0.3 is 5.97 Å². The normalized spacial score (nSPS) is 12.9. The molecule has 2 N–H and O–H groups in total. The van der Waals surface area contributed by atoms with Gasteiger partial charge in [0.1, 0.15) is 6.04 Å². The SMILES string of the molecule is CCc1cc(CS(=O)(=O)C[C@H](NC(C)=O)C(=O)O)n(C)n1. The van der Waals surface area contributed by atoms with Gasteiger partial charge in [-0.15, -0.1) is 0 Å². The fraction of sp³-hybridized carbons (Fsp3) is 0.583. The Morgan fingerprint density at radius 3 is 2.52 bits per heavy atom. The first-order chi connectivity index (χ1) is 9.64. The molecule has 1 amide bonds. The summed E-state index contributed by atoms with van der Waals surface area (Å²) in [7, 11) is -2.07. The maximum absolute atomic E-state index is 12.1. The zero-order valence-corrected chi connectivity index (χ0v) is 13.0. The van der Waals surface area contributed by atoms with E-state index in [1.165, 1.54) is 4.68 Å². The second kappa shape index (κ2) is 6.70. The molecule has 0 aliphatic heterocycles. The molecular formula is C12H19N3O5S. The van der Waals surface area contributed by atoms with Crippen LogP contribution in [0.25, 0.3) is 0 Å². The standard InChI is InChI=1S/C12H19N3O5S/c1-4-9-5-10(15(3)14-9)6-21(19,20)7-11(12(17)18)13-8(2)16/h5,11H,4,6-7H2,1-3H3,(H,13,16)(H,17,18)/t11-/m0/s1. The van der Waals surface area contributed by atoms with Gasteiger partial charge in [0.05, 0.1) is 22.9 Å². The molecule has 0 fully saturated rings. The minimum atomic E-state index is -3.70. The summed E-state index contributed by atoms with van der Waals surface area (Å²) in [6, 6.07) is 0.220. The highest BCUT2D eigenvalue weighted by atomic mass is 32.2. The molecule has 0 radical (unpaired) electrons. The highest BCUT2D eigenvalue weighted by Gasteiger charge is 2.27. The largest absolute Gasteiger partial charge is 0.480 e. The molecular weight excluding hydrogens is 298 g/mol. The Bertz CT molecular complexity index is 635. The smallest absolute Gasteiger partial charge is 0.327 e. The zero-order chi connectivity index (χ0) is 16.2. The van der Waals surface area contributed by atoms with Crippen LogP contribution in [0.3, 0.4) is 0 Å². The Hall–Kier alpha value is -1.90. The van der Waals surface area contributed by atoms with E-state index in [0.717, 1.165) is 12.6 Å². The molecule has 118 valence electrons. The zero-order valence-electron chi connectivity index (χ0n) is 12.2. The van der Waals surface area contributed by atoms with Crippen LogP contribution in [0.15, 0.2) is 6.07 Å². The van der Waals surface area contributed by atoms with Gasteiger partial charge in [0, 0.05) is 14.0 Å². The van der Waals surface area contributed by atoms with E-state index in [4.69, 9.17) is 5.11 Å². The molecule has 1 rings (SSSR count). The molecule has 0 unspecified atom stereocenters. The highest BCUT2D eigenvalue weighted by molar-refractivity contribution is 7.90. The number of carbonyl (C=O) groups excluding carboxylic acids is 1. The monoisotopic (exact) mass is 317 g/mol. The molecule has 0 aliphatic carbocycles. The average Bonchev–Trinajstić information content (AvgIpc) is 2.67. The van der Waals surface area contributed by atoms with Crippen LogP contribution in [0.4, 0.5) is 0 Å². The third-order valence-electron chi connectivity index (χ3n) is 2.85. The quantitative estimate of drug-likeness (QED) is 0.699. The Kier molecular flexibility index (Phi) is 5.47. The summed E-state index contributed by atoms with van der Waals surface area (Å²) in [5, 5.41) is 15.2. The first-order valence-electron chi connectivity index (χ1n) is 6.36. The van der Waals surface area contributed by atoms with Crippen molar-refractivity contribution in [1.82, 2.24) is 15.1 Å². The predicted octanol–water partition coefficient (Wildman–Crippen LogP) is -0.513. The number of amides is 1. The first kappa shape index (κ1) is 17.2. The molecule has 0 aromatic carbocycles. The molecule has 0 spiro atoms. The topological polar surface area (TPSA) is 118 Å². The van der Waals surface area contributed by atoms with Gasteiger partial charge in [-0.25, -0.2) is 13.2 Å². The lowest BCUT2D eigenvalue weighted by Crippen LogP contribution is -2.44. The van der Waals surface area contributed by atoms with E-state index in [1.54, 1.807) is 13.1 Å². The summed E-state index contributed by atoms with van der Waals surface area (Å²) in [6.45, 7) is 3.04. The number of hydrogen-bond donors (Lipinski definition) is 2. The highest BCUT2D eigenvalue weighted by Crippen LogP contribution is 2.10. The number of aliphatic carboxylic acids is 1. The van der Waals surface area contributed by atoms with Crippen LogP contribution in [0.2, 0.25) is 0 Å². The van der Waals surface area contributed by atoms with Crippen LogP contribution in [0.5, 0.6) is 0 Å². The summed E-state index contributed by atoms with van der Waals surface area (Å²) in [6.07, 6.45) is 0.678. The maximum Gasteiger partial charge on any atom is 0.327 e. The summed E-state index contributed by atoms with van der Waals surface area (Å²) in [5.74, 6) is -2.95. The molecule has 9 heteroatoms. The Balaban J connectivity index is 2.87. The summed E-state index contributed by atoms with van der Waals surface area (Å²) in [4.78, 5) is 21.9. The van der Waals surface area contributed by atoms with E-state index in [0.29, 0.717) is 12.1 Å². The molecule has 21 heavy (non-hydrogen) atoms. The minimum Gasteiger partial charge on any atom is -0.480 e. The average molecular weight is 317 g/mol. The van der Waals surface area contributed by atoms with Crippen LogP contribution in [-0.4, -0.2) is 47.0 Å². The maximum atomic E-state index is 12.1. The minimum absolute atomic E-state index is 0.320. The molecule has 1 aromatic heterocycles. The third kappa shape index (κ3) is 5.18. The van der Waals surface area contributed by atoms with Crippen molar-refractivity contribution < 1.29 is 23.1 Å². The number of sulfone groups is 1. The number of nitrogens with one attached hydrogen (secondary N) is 1. The van der Waals surface area contributed by atoms with Crippen LogP contribution in [-0.2, 0) is 38.6 Å². The van der Waals surface area contributed by atoms with Crippen LogP contribution >= 0.6 is 0 Å². The summed E-state index contributed by atoms with van der Waals surface area (Å²) < 4.78 is 25.6. The molecule has 8 nitrogen and oxygen atoms in total. The fourth-order valence-corrected chi connectivity index (χ4v) is 3.41. The van der Waals surface area contributed by atoms with Gasteiger partial charge in [-0.2, -0.15) is 5.10 Å². The number of nitrogens with zero attached hydrogens (tertiary/aromatic N) is 2. The fourth-order valence-electron chi connectivity index (χ4n) is 1.84. The molecule has 0 saturated heterocycles. The second-order valence-electron chi connectivity index (χ2n) is 4.75. The van der Waals surface area contributed by atoms with Gasteiger partial charge in [-0.05, 0) is 12.5 Å². The van der Waals surface area contributed by atoms with Crippen molar-refractivity contribution in [1.29, 1.82) is 0 Å². The Labute approximate surface area is 123 Å². The van der Waals surface area contributed by atoms with E-state index in [1.807, 2.05) is 6.92 Å². The van der Waals surface area contributed by atoms with Crippen LogP contribution in [0.1, 0.15) is 25.2 Å². The van der Waals surface area contributed by atoms with Gasteiger partial charge in [0.25, 0.3) is 0 Å². The first-order valence-corrected chi connectivity index (χ1v) is 8.19. The second-order valence-corrected chi connectivity index (χ2v) is 6.86.